The number of alkyl halides is 1. The van der Waals surface area contributed by atoms with Crippen molar-refractivity contribution in [1.29, 1.82) is 0 Å². The predicted octanol–water partition coefficient (Wildman–Crippen LogP) is 6.39. The fourth-order valence-corrected chi connectivity index (χ4v) is 14.3. The first-order valence-corrected chi connectivity index (χ1v) is 13.9. The molecule has 0 aliphatic carbocycles. The van der Waals surface area contributed by atoms with Crippen molar-refractivity contribution in [3.63, 3.8) is 0 Å². The maximum absolute atomic E-state index is 15.0. The van der Waals surface area contributed by atoms with E-state index >= 15 is 8.78 Å². The van der Waals surface area contributed by atoms with Gasteiger partial charge in [-0.3, -0.25) is 0 Å². The molecule has 0 N–H and O–H groups in total. The predicted molar refractivity (Wildman–Crippen MR) is 134 cm³/mol. The Bertz CT molecular complexity index is 1010. The summed E-state index contributed by atoms with van der Waals surface area (Å²) < 4.78 is 30.8. The van der Waals surface area contributed by atoms with Crippen molar-refractivity contribution in [2.75, 3.05) is 4.17 Å². The van der Waals surface area contributed by atoms with E-state index in [2.05, 4.69) is 59.0 Å². The summed E-state index contributed by atoms with van der Waals surface area (Å²) in [5.41, 5.74) is 0.156. The van der Waals surface area contributed by atoms with Gasteiger partial charge in [-0.2, -0.15) is 0 Å². The fourth-order valence-electron chi connectivity index (χ4n) is 4.37. The Morgan fingerprint density at radius 2 is 0.900 bits per heavy atom. The Morgan fingerprint density at radius 3 is 1.23 bits per heavy atom. The molecule has 0 radical (unpaired) electrons. The van der Waals surface area contributed by atoms with Crippen molar-refractivity contribution in [1.82, 2.24) is 0 Å². The molecule has 0 unspecified atom stereocenters. The molecule has 0 saturated heterocycles. The molecule has 4 rings (SSSR count). The van der Waals surface area contributed by atoms with E-state index < -0.39 is 18.2 Å². The third-order valence-corrected chi connectivity index (χ3v) is 16.7. The second-order valence-electron chi connectivity index (χ2n) is 7.49. The third kappa shape index (κ3) is 3.29. The molecule has 4 aromatic rings. The molecule has 0 amide bonds. The summed E-state index contributed by atoms with van der Waals surface area (Å²) in [6.07, 6.45) is 0.297. The summed E-state index contributed by atoms with van der Waals surface area (Å²) >= 11 is 2.43. The van der Waals surface area contributed by atoms with Crippen molar-refractivity contribution < 1.29 is 8.78 Å². The van der Waals surface area contributed by atoms with Gasteiger partial charge in [0.1, 0.15) is 0 Å². The molecule has 0 atom stereocenters. The normalized spacial score (nSPS) is 12.8. The standard InChI is InChI=1S/C26H22F2IP/c27-25-17-10-18-26(28)24(25)19-30(20-29,21-11-4-1-5-12-21,22-13-6-2-7-14-22)23-15-8-3-9-16-23/h1-18H,19-20H2. The molecule has 152 valence electrons. The van der Waals surface area contributed by atoms with Gasteiger partial charge in [-0.15, -0.1) is 0 Å². The average molecular weight is 530 g/mol. The molecule has 0 saturated carbocycles. The number of rotatable bonds is 6. The second-order valence-corrected chi connectivity index (χ2v) is 14.7. The van der Waals surface area contributed by atoms with Crippen molar-refractivity contribution >= 4 is 45.1 Å². The number of benzene rings is 4. The van der Waals surface area contributed by atoms with E-state index in [-0.39, 0.29) is 5.56 Å². The molecule has 0 spiro atoms. The van der Waals surface area contributed by atoms with Crippen LogP contribution in [0.3, 0.4) is 0 Å². The van der Waals surface area contributed by atoms with Crippen molar-refractivity contribution in [3.8, 4) is 0 Å². The summed E-state index contributed by atoms with van der Waals surface area (Å²) in [6.45, 7) is -3.26. The summed E-state index contributed by atoms with van der Waals surface area (Å²) in [6, 6.07) is 35.0. The van der Waals surface area contributed by atoms with Crippen LogP contribution in [0.1, 0.15) is 5.56 Å². The Kier molecular flexibility index (Phi) is 6.04. The molecule has 30 heavy (non-hydrogen) atoms. The van der Waals surface area contributed by atoms with Crippen LogP contribution in [0.15, 0.2) is 109 Å². The van der Waals surface area contributed by atoms with Gasteiger partial charge in [0.25, 0.3) is 0 Å². The van der Waals surface area contributed by atoms with Gasteiger partial charge in [0, 0.05) is 0 Å². The average Bonchev–Trinajstić information content (AvgIpc) is 2.82. The molecular weight excluding hydrogens is 508 g/mol. The summed E-state index contributed by atoms with van der Waals surface area (Å²) in [7, 11) is 0. The molecule has 0 aromatic heterocycles. The van der Waals surface area contributed by atoms with E-state index in [9.17, 15) is 0 Å². The Hall–Kier alpha value is -2.10. The number of hydrogen-bond donors (Lipinski definition) is 0. The van der Waals surface area contributed by atoms with E-state index in [1.54, 1.807) is 0 Å². The van der Waals surface area contributed by atoms with Crippen LogP contribution in [-0.4, -0.2) is 4.17 Å². The van der Waals surface area contributed by atoms with Crippen LogP contribution in [0, 0.1) is 11.6 Å². The molecule has 4 aromatic carbocycles. The molecular formula is C26H22F2IP. The second kappa shape index (κ2) is 8.56. The minimum absolute atomic E-state index is 0.156. The Morgan fingerprint density at radius 1 is 0.533 bits per heavy atom. The zero-order valence-electron chi connectivity index (χ0n) is 16.4. The SMILES string of the molecule is Fc1cccc(F)c1CP(CI)(c1ccccc1)(c1ccccc1)c1ccccc1. The van der Waals surface area contributed by atoms with Crippen LogP contribution < -0.4 is 15.9 Å². The topological polar surface area (TPSA) is 0 Å². The van der Waals surface area contributed by atoms with Crippen molar-refractivity contribution in [2.24, 2.45) is 0 Å². The molecule has 0 bridgehead atoms. The monoisotopic (exact) mass is 530 g/mol. The molecule has 0 aliphatic heterocycles. The first-order chi connectivity index (χ1) is 14.6. The summed E-state index contributed by atoms with van der Waals surface area (Å²) in [4.78, 5) is 0. The van der Waals surface area contributed by atoms with E-state index in [0.717, 1.165) is 20.1 Å². The van der Waals surface area contributed by atoms with Crippen LogP contribution >= 0.6 is 29.2 Å². The molecule has 0 nitrogen and oxygen atoms in total. The van der Waals surface area contributed by atoms with Gasteiger partial charge in [0.05, 0.1) is 0 Å². The summed E-state index contributed by atoms with van der Waals surface area (Å²) in [5.74, 6) is -0.978. The van der Waals surface area contributed by atoms with Crippen LogP contribution in [-0.2, 0) is 6.16 Å². The quantitative estimate of drug-likeness (QED) is 0.154. The first kappa shape index (κ1) is 21.1. The molecule has 0 heterocycles. The summed E-state index contributed by atoms with van der Waals surface area (Å²) in [5, 5.41) is 3.41. The van der Waals surface area contributed by atoms with E-state index in [1.807, 2.05) is 54.6 Å². The van der Waals surface area contributed by atoms with Crippen molar-refractivity contribution in [2.45, 2.75) is 6.16 Å². The zero-order chi connectivity index (χ0) is 21.1. The maximum atomic E-state index is 15.0. The van der Waals surface area contributed by atoms with E-state index in [1.165, 1.54) is 18.2 Å². The minimum atomic E-state index is -3.26. The van der Waals surface area contributed by atoms with Crippen molar-refractivity contribution in [3.05, 3.63) is 126 Å². The van der Waals surface area contributed by atoms with Gasteiger partial charge >= 0.3 is 191 Å². The Balaban J connectivity index is 2.18. The van der Waals surface area contributed by atoms with Gasteiger partial charge in [-0.25, -0.2) is 0 Å². The zero-order valence-corrected chi connectivity index (χ0v) is 19.4. The first-order valence-electron chi connectivity index (χ1n) is 9.78. The van der Waals surface area contributed by atoms with Gasteiger partial charge in [0.2, 0.25) is 0 Å². The Labute approximate surface area is 190 Å². The third-order valence-electron chi connectivity index (χ3n) is 5.97. The molecule has 0 aliphatic rings. The fraction of sp³-hybridized carbons (Fsp3) is 0.0769. The van der Waals surface area contributed by atoms with Gasteiger partial charge in [-0.1, -0.05) is 0 Å². The number of hydrogen-bond acceptors (Lipinski definition) is 0. The molecule has 4 heteroatoms. The van der Waals surface area contributed by atoms with Crippen LogP contribution in [0.2, 0.25) is 0 Å². The van der Waals surface area contributed by atoms with Gasteiger partial charge in [-0.05, 0) is 0 Å². The molecule has 0 fully saturated rings. The number of halogens is 3. The van der Waals surface area contributed by atoms with Gasteiger partial charge < -0.3 is 0 Å². The van der Waals surface area contributed by atoms with Crippen LogP contribution in [0.5, 0.6) is 0 Å². The van der Waals surface area contributed by atoms with E-state index in [0.29, 0.717) is 6.16 Å². The van der Waals surface area contributed by atoms with Crippen LogP contribution in [0.4, 0.5) is 8.78 Å². The van der Waals surface area contributed by atoms with Gasteiger partial charge in [0.15, 0.2) is 0 Å². The van der Waals surface area contributed by atoms with Crippen LogP contribution in [0.25, 0.3) is 0 Å². The van der Waals surface area contributed by atoms with E-state index in [4.69, 9.17) is 0 Å².